The molecule has 0 spiro atoms. The Kier molecular flexibility index (Phi) is 21.2. The molecule has 0 aliphatic carbocycles. The number of nitrogens with two attached hydrogens (primary N) is 1. The van der Waals surface area contributed by atoms with Gasteiger partial charge in [0.15, 0.2) is 0 Å². The van der Waals surface area contributed by atoms with Gasteiger partial charge in [0.1, 0.15) is 16.7 Å². The van der Waals surface area contributed by atoms with E-state index in [9.17, 15) is 24.0 Å². The summed E-state index contributed by atoms with van der Waals surface area (Å²) in [4.78, 5) is 80.0. The molecule has 1 aliphatic rings. The van der Waals surface area contributed by atoms with Crippen molar-refractivity contribution in [2.24, 2.45) is 23.7 Å². The summed E-state index contributed by atoms with van der Waals surface area (Å²) in [5, 5.41) is 11.5. The zero-order valence-corrected chi connectivity index (χ0v) is 42.7. The van der Waals surface area contributed by atoms with Crippen LogP contribution in [-0.2, 0) is 41.5 Å². The van der Waals surface area contributed by atoms with Crippen LogP contribution in [0, 0.1) is 23.7 Å². The molecule has 15 nitrogen and oxygen atoms in total. The number of likely N-dealkylation sites (N-methyl/N-ethyl adjacent to an activating group) is 2. The number of methoxy groups -OCH3 is 2. The summed E-state index contributed by atoms with van der Waals surface area (Å²) in [5.41, 5.74) is 8.82. The Hall–Kier alpha value is -4.90. The minimum Gasteiger partial charge on any atom is -0.399 e. The van der Waals surface area contributed by atoms with Gasteiger partial charge in [-0.25, -0.2) is 4.98 Å². The van der Waals surface area contributed by atoms with Crippen LogP contribution in [0.1, 0.15) is 107 Å². The van der Waals surface area contributed by atoms with E-state index in [-0.39, 0.29) is 65.4 Å². The van der Waals surface area contributed by atoms with Crippen molar-refractivity contribution in [1.82, 2.24) is 35.6 Å². The highest BCUT2D eigenvalue weighted by Gasteiger charge is 2.43. The summed E-state index contributed by atoms with van der Waals surface area (Å²) in [6.45, 7) is 14.6. The Morgan fingerprint density at radius 3 is 2.13 bits per heavy atom. The lowest BCUT2D eigenvalue weighted by Crippen LogP contribution is -2.59. The van der Waals surface area contributed by atoms with Crippen molar-refractivity contribution in [3.63, 3.8) is 0 Å². The average Bonchev–Trinajstić information content (AvgIpc) is 4.00. The van der Waals surface area contributed by atoms with E-state index >= 15 is 0 Å². The second-order valence-electron chi connectivity index (χ2n) is 19.0. The van der Waals surface area contributed by atoms with Crippen molar-refractivity contribution in [1.29, 1.82) is 0 Å². The summed E-state index contributed by atoms with van der Waals surface area (Å²) < 4.78 is 12.2. The highest BCUT2D eigenvalue weighted by Crippen LogP contribution is 2.31. The van der Waals surface area contributed by atoms with Crippen LogP contribution in [0.25, 0.3) is 0 Å². The van der Waals surface area contributed by atoms with E-state index in [1.54, 1.807) is 31.5 Å². The van der Waals surface area contributed by atoms with Gasteiger partial charge >= 0.3 is 0 Å². The van der Waals surface area contributed by atoms with E-state index in [4.69, 9.17) is 20.2 Å². The Morgan fingerprint density at radius 2 is 1.55 bits per heavy atom. The van der Waals surface area contributed by atoms with Gasteiger partial charge in [0.25, 0.3) is 5.91 Å². The third kappa shape index (κ3) is 14.8. The highest BCUT2D eigenvalue weighted by atomic mass is 32.1. The smallest absolute Gasteiger partial charge is 0.270 e. The number of hydrogen-bond donors (Lipinski definition) is 4. The quantitative estimate of drug-likeness (QED) is 0.0763. The van der Waals surface area contributed by atoms with Crippen LogP contribution in [0.4, 0.5) is 5.69 Å². The van der Waals surface area contributed by atoms with Crippen molar-refractivity contribution in [3.8, 4) is 0 Å². The molecule has 0 bridgehead atoms. The minimum absolute atomic E-state index is 0.00584. The topological polar surface area (TPSA) is 189 Å². The number of aromatic nitrogens is 1. The van der Waals surface area contributed by atoms with Gasteiger partial charge in [0.05, 0.1) is 48.7 Å². The number of ether oxygens (including phenoxy) is 2. The molecule has 0 saturated carbocycles. The first kappa shape index (κ1) is 54.7. The molecule has 5 amide bonds. The fraction of sp³-hybridized carbons (Fsp3) is 0.608. The minimum atomic E-state index is -0.780. The van der Waals surface area contributed by atoms with Crippen LogP contribution < -0.4 is 21.7 Å². The maximum atomic E-state index is 14.5. The Bertz CT molecular complexity index is 2040. The number of carbonyl (C=O) groups is 5. The van der Waals surface area contributed by atoms with Crippen LogP contribution in [-0.4, -0.2) is 134 Å². The molecule has 5 N–H and O–H groups in total. The molecule has 1 aromatic heterocycles. The summed E-state index contributed by atoms with van der Waals surface area (Å²) in [5.74, 6) is -2.03. The van der Waals surface area contributed by atoms with Crippen LogP contribution in [0.15, 0.2) is 60.0 Å². The lowest BCUT2D eigenvalue weighted by Gasteiger charge is -2.41. The zero-order chi connectivity index (χ0) is 49.5. The number of benzene rings is 2. The highest BCUT2D eigenvalue weighted by molar-refractivity contribution is 7.09. The molecule has 4 rings (SSSR count). The largest absolute Gasteiger partial charge is 0.399 e. The number of thiazole rings is 1. The van der Waals surface area contributed by atoms with Gasteiger partial charge in [-0.1, -0.05) is 97.4 Å². The molecule has 2 heterocycles. The zero-order valence-electron chi connectivity index (χ0n) is 41.9. The first-order valence-electron chi connectivity index (χ1n) is 23.8. The molecule has 2 aromatic carbocycles. The van der Waals surface area contributed by atoms with E-state index in [0.717, 1.165) is 24.0 Å². The maximum Gasteiger partial charge on any atom is 0.270 e. The van der Waals surface area contributed by atoms with E-state index in [1.165, 1.54) is 11.3 Å². The lowest BCUT2D eigenvalue weighted by atomic mass is 9.89. The standard InChI is InChI=1S/C51H78N8O7S/c1-13-33(6)45(58(10)51(64)43(31(2)3)56-49(63)44(32(4)5)57(8)9)41(65-11)29-42(60)59-27-17-20-40(59)46(66-12)34(7)47(61)54-38(28-36-18-15-14-16-19-36)50-55-39(30-67-50)48(62)53-26-25-35-21-23-37(52)24-22-35/h14-16,18-19,21-24,30-34,38,40-41,43-46H,13,17,20,25-29,52H2,1-12H3,(H,53,62)(H,54,61)(H,56,63)/t33-,34+,38-,40-,41+,43-,44-,45-,46+/m0/s1. The molecule has 0 radical (unpaired) electrons. The van der Waals surface area contributed by atoms with Gasteiger partial charge in [0, 0.05) is 45.4 Å². The summed E-state index contributed by atoms with van der Waals surface area (Å²) >= 11 is 1.32. The fourth-order valence-electron chi connectivity index (χ4n) is 9.41. The number of nitrogens with one attached hydrogen (secondary N) is 3. The molecule has 9 atom stereocenters. The number of amides is 5. The first-order valence-corrected chi connectivity index (χ1v) is 24.7. The van der Waals surface area contributed by atoms with Crippen LogP contribution in [0.3, 0.4) is 0 Å². The van der Waals surface area contributed by atoms with Gasteiger partial charge in [-0.15, -0.1) is 11.3 Å². The fourth-order valence-corrected chi connectivity index (χ4v) is 10.3. The van der Waals surface area contributed by atoms with Crippen molar-refractivity contribution < 1.29 is 33.4 Å². The predicted molar refractivity (Wildman–Crippen MR) is 265 cm³/mol. The van der Waals surface area contributed by atoms with Gasteiger partial charge < -0.3 is 41.0 Å². The Balaban J connectivity index is 1.49. The van der Waals surface area contributed by atoms with Crippen molar-refractivity contribution in [2.75, 3.05) is 54.2 Å². The molecular formula is C51H78N8O7S. The summed E-state index contributed by atoms with van der Waals surface area (Å²) in [6, 6.07) is 14.7. The first-order chi connectivity index (χ1) is 31.8. The van der Waals surface area contributed by atoms with Crippen LogP contribution >= 0.6 is 11.3 Å². The average molecular weight is 947 g/mol. The number of hydrogen-bond acceptors (Lipinski definition) is 11. The number of likely N-dealkylation sites (tertiary alicyclic amines) is 1. The number of rotatable bonds is 25. The lowest BCUT2D eigenvalue weighted by molar-refractivity contribution is -0.148. The van der Waals surface area contributed by atoms with E-state index in [2.05, 4.69) is 16.0 Å². The second-order valence-corrected chi connectivity index (χ2v) is 19.9. The van der Waals surface area contributed by atoms with Gasteiger partial charge in [-0.3, -0.25) is 28.9 Å². The van der Waals surface area contributed by atoms with Crippen LogP contribution in [0.5, 0.6) is 0 Å². The second kappa shape index (κ2) is 26.0. The van der Waals surface area contributed by atoms with Gasteiger partial charge in [-0.2, -0.15) is 0 Å². The predicted octanol–water partition coefficient (Wildman–Crippen LogP) is 5.75. The monoisotopic (exact) mass is 947 g/mol. The molecule has 16 heteroatoms. The number of nitrogens with zero attached hydrogens (tertiary/aromatic N) is 4. The molecular weight excluding hydrogens is 869 g/mol. The number of nitrogen functional groups attached to an aromatic ring is 1. The third-order valence-electron chi connectivity index (χ3n) is 13.3. The molecule has 0 unspecified atom stereocenters. The third-order valence-corrected chi connectivity index (χ3v) is 14.2. The normalized spacial score (nSPS) is 17.6. The molecule has 3 aromatic rings. The molecule has 1 fully saturated rings. The summed E-state index contributed by atoms with van der Waals surface area (Å²) in [6.07, 6.45) is 1.90. The Labute approximate surface area is 403 Å². The summed E-state index contributed by atoms with van der Waals surface area (Å²) in [7, 11) is 8.58. The molecule has 1 saturated heterocycles. The molecule has 1 aliphatic heterocycles. The number of anilines is 1. The van der Waals surface area contributed by atoms with Crippen molar-refractivity contribution in [3.05, 3.63) is 81.8 Å². The van der Waals surface area contributed by atoms with E-state index < -0.39 is 42.3 Å². The molecule has 67 heavy (non-hydrogen) atoms. The maximum absolute atomic E-state index is 14.5. The van der Waals surface area contributed by atoms with E-state index in [0.29, 0.717) is 43.0 Å². The SMILES string of the molecule is CC[C@H](C)[C@@H]([C@@H](CC(=O)N1CCC[C@H]1[C@H](OC)[C@@H](C)C(=O)N[C@@H](Cc1ccccc1)c1nc(C(=O)NCCc2ccc(N)cc2)cs1)OC)N(C)C(=O)[C@@H](NC(=O)[C@H](C(C)C)N(C)C)C(C)C. The number of carbonyl (C=O) groups excluding carboxylic acids is 5. The van der Waals surface area contributed by atoms with Crippen molar-refractivity contribution in [2.45, 2.75) is 129 Å². The van der Waals surface area contributed by atoms with Gasteiger partial charge in [-0.05, 0) is 80.8 Å². The van der Waals surface area contributed by atoms with Crippen LogP contribution in [0.2, 0.25) is 0 Å². The molecule has 370 valence electrons. The van der Waals surface area contributed by atoms with E-state index in [1.807, 2.05) is 127 Å². The van der Waals surface area contributed by atoms with Gasteiger partial charge in [0.2, 0.25) is 23.6 Å². The van der Waals surface area contributed by atoms with Crippen molar-refractivity contribution >= 4 is 46.6 Å². The Morgan fingerprint density at radius 1 is 0.881 bits per heavy atom.